The van der Waals surface area contributed by atoms with Crippen molar-refractivity contribution in [3.05, 3.63) is 17.5 Å². The molecule has 1 aromatic rings. The highest BCUT2D eigenvalue weighted by Gasteiger charge is 2.18. The molecule has 2 heterocycles. The molecule has 1 aliphatic heterocycles. The summed E-state index contributed by atoms with van der Waals surface area (Å²) in [7, 11) is 0. The smallest absolute Gasteiger partial charge is 0.248 e. The van der Waals surface area contributed by atoms with E-state index in [1.807, 2.05) is 18.5 Å². The fraction of sp³-hybridized carbons (Fsp3) is 0.765. The molecule has 130 valence electrons. The van der Waals surface area contributed by atoms with Crippen LogP contribution < -0.4 is 5.32 Å². The summed E-state index contributed by atoms with van der Waals surface area (Å²) in [5, 5.41) is 7.33. The molecule has 1 aromatic heterocycles. The van der Waals surface area contributed by atoms with Gasteiger partial charge in [-0.2, -0.15) is 5.10 Å². The van der Waals surface area contributed by atoms with E-state index < -0.39 is 6.10 Å². The van der Waals surface area contributed by atoms with Crippen LogP contribution >= 0.6 is 0 Å². The second-order valence-electron chi connectivity index (χ2n) is 6.26. The lowest BCUT2D eigenvalue weighted by atomic mass is 10.1. The van der Waals surface area contributed by atoms with E-state index in [0.717, 1.165) is 43.8 Å². The minimum absolute atomic E-state index is 0.0609. The topological polar surface area (TPSA) is 65.4 Å². The zero-order valence-electron chi connectivity index (χ0n) is 14.5. The summed E-state index contributed by atoms with van der Waals surface area (Å²) < 4.78 is 13.2. The van der Waals surface area contributed by atoms with Gasteiger partial charge in [0.1, 0.15) is 6.10 Å². The van der Waals surface area contributed by atoms with Crippen molar-refractivity contribution in [2.45, 2.75) is 65.2 Å². The standard InChI is InChI=1S/C17H29N3O3/c1-13-11-14(2)20(19-13)9-6-8-18-17(21)15(3)23-12-16-7-4-5-10-22-16/h11,15-16H,4-10,12H2,1-3H3,(H,18,21)/t15-,16+/m1/s1. The number of ether oxygens (including phenoxy) is 2. The fourth-order valence-electron chi connectivity index (χ4n) is 2.75. The highest BCUT2D eigenvalue weighted by Crippen LogP contribution is 2.13. The number of aryl methyl sites for hydroxylation is 3. The minimum atomic E-state index is -0.436. The van der Waals surface area contributed by atoms with Crippen LogP contribution in [0, 0.1) is 13.8 Å². The quantitative estimate of drug-likeness (QED) is 0.743. The van der Waals surface area contributed by atoms with Crippen molar-refractivity contribution in [2.24, 2.45) is 0 Å². The summed E-state index contributed by atoms with van der Waals surface area (Å²) in [4.78, 5) is 12.0. The van der Waals surface area contributed by atoms with Gasteiger partial charge in [0, 0.05) is 25.4 Å². The van der Waals surface area contributed by atoms with Crippen LogP contribution in [0.25, 0.3) is 0 Å². The largest absolute Gasteiger partial charge is 0.376 e. The first-order valence-corrected chi connectivity index (χ1v) is 8.58. The van der Waals surface area contributed by atoms with E-state index in [1.54, 1.807) is 6.92 Å². The SMILES string of the molecule is Cc1cc(C)n(CCCNC(=O)[C@@H](C)OC[C@@H]2CCCCO2)n1. The third-order valence-electron chi connectivity index (χ3n) is 4.12. The summed E-state index contributed by atoms with van der Waals surface area (Å²) in [5.74, 6) is -0.0609. The number of carbonyl (C=O) groups excluding carboxylic acids is 1. The summed E-state index contributed by atoms with van der Waals surface area (Å²) in [6, 6.07) is 2.06. The van der Waals surface area contributed by atoms with Crippen LogP contribution in [0.15, 0.2) is 6.07 Å². The molecule has 1 saturated heterocycles. The van der Waals surface area contributed by atoms with Crippen LogP contribution in [0.3, 0.4) is 0 Å². The third-order valence-corrected chi connectivity index (χ3v) is 4.12. The Hall–Kier alpha value is -1.40. The lowest BCUT2D eigenvalue weighted by molar-refractivity contribution is -0.135. The second-order valence-corrected chi connectivity index (χ2v) is 6.26. The molecule has 0 bridgehead atoms. The van der Waals surface area contributed by atoms with Crippen molar-refractivity contribution >= 4 is 5.91 Å². The number of carbonyl (C=O) groups is 1. The molecule has 1 fully saturated rings. The van der Waals surface area contributed by atoms with Crippen LogP contribution in [0.1, 0.15) is 44.0 Å². The molecule has 0 radical (unpaired) electrons. The van der Waals surface area contributed by atoms with E-state index in [4.69, 9.17) is 9.47 Å². The van der Waals surface area contributed by atoms with E-state index in [9.17, 15) is 4.79 Å². The molecule has 0 saturated carbocycles. The zero-order valence-corrected chi connectivity index (χ0v) is 14.5. The monoisotopic (exact) mass is 323 g/mol. The van der Waals surface area contributed by atoms with Gasteiger partial charge in [-0.3, -0.25) is 9.48 Å². The third kappa shape index (κ3) is 5.95. The molecule has 0 aliphatic carbocycles. The van der Waals surface area contributed by atoms with E-state index in [2.05, 4.69) is 16.5 Å². The highest BCUT2D eigenvalue weighted by atomic mass is 16.5. The number of amides is 1. The van der Waals surface area contributed by atoms with Gasteiger partial charge in [-0.1, -0.05) is 0 Å². The number of hydrogen-bond donors (Lipinski definition) is 1. The number of hydrogen-bond acceptors (Lipinski definition) is 4. The van der Waals surface area contributed by atoms with Gasteiger partial charge in [0.25, 0.3) is 0 Å². The molecule has 0 aromatic carbocycles. The Morgan fingerprint density at radius 1 is 1.52 bits per heavy atom. The summed E-state index contributed by atoms with van der Waals surface area (Å²) >= 11 is 0. The van der Waals surface area contributed by atoms with Crippen LogP contribution in [-0.4, -0.2) is 47.7 Å². The molecule has 23 heavy (non-hydrogen) atoms. The molecule has 6 heteroatoms. The molecule has 6 nitrogen and oxygen atoms in total. The van der Waals surface area contributed by atoms with Gasteiger partial charge in [-0.25, -0.2) is 0 Å². The number of rotatable bonds is 8. The molecular formula is C17H29N3O3. The van der Waals surface area contributed by atoms with Gasteiger partial charge in [-0.05, 0) is 52.5 Å². The van der Waals surface area contributed by atoms with Crippen LogP contribution in [-0.2, 0) is 20.8 Å². The first-order chi connectivity index (χ1) is 11.1. The Bertz CT molecular complexity index is 495. The fourth-order valence-corrected chi connectivity index (χ4v) is 2.75. The van der Waals surface area contributed by atoms with Crippen molar-refractivity contribution in [1.29, 1.82) is 0 Å². The Balaban J connectivity index is 1.59. The number of nitrogens with zero attached hydrogens (tertiary/aromatic N) is 2. The lowest BCUT2D eigenvalue weighted by Gasteiger charge is -2.23. The molecule has 0 spiro atoms. The Morgan fingerprint density at radius 2 is 2.35 bits per heavy atom. The van der Waals surface area contributed by atoms with Gasteiger partial charge >= 0.3 is 0 Å². The maximum absolute atomic E-state index is 12.0. The van der Waals surface area contributed by atoms with Crippen molar-refractivity contribution < 1.29 is 14.3 Å². The molecule has 2 rings (SSSR count). The minimum Gasteiger partial charge on any atom is -0.376 e. The molecule has 2 atom stereocenters. The van der Waals surface area contributed by atoms with Crippen molar-refractivity contribution in [2.75, 3.05) is 19.8 Å². The van der Waals surface area contributed by atoms with E-state index in [-0.39, 0.29) is 12.0 Å². The number of aromatic nitrogens is 2. The Kier molecular flexibility index (Phi) is 7.05. The van der Waals surface area contributed by atoms with Crippen molar-refractivity contribution in [3.63, 3.8) is 0 Å². The van der Waals surface area contributed by atoms with E-state index in [1.165, 1.54) is 6.42 Å². The average molecular weight is 323 g/mol. The summed E-state index contributed by atoms with van der Waals surface area (Å²) in [5.41, 5.74) is 2.18. The highest BCUT2D eigenvalue weighted by molar-refractivity contribution is 5.80. The average Bonchev–Trinajstić information content (AvgIpc) is 2.87. The second kappa shape index (κ2) is 9.03. The predicted molar refractivity (Wildman–Crippen MR) is 88.3 cm³/mol. The lowest BCUT2D eigenvalue weighted by Crippen LogP contribution is -2.37. The van der Waals surface area contributed by atoms with Gasteiger partial charge < -0.3 is 14.8 Å². The molecule has 1 aliphatic rings. The Morgan fingerprint density at radius 3 is 3.00 bits per heavy atom. The Labute approximate surface area is 138 Å². The number of nitrogens with one attached hydrogen (secondary N) is 1. The molecule has 1 amide bonds. The summed E-state index contributed by atoms with van der Waals surface area (Å²) in [6.07, 6.45) is 3.89. The molecule has 1 N–H and O–H groups in total. The van der Waals surface area contributed by atoms with E-state index >= 15 is 0 Å². The first kappa shape index (κ1) is 17.9. The van der Waals surface area contributed by atoms with Crippen molar-refractivity contribution in [1.82, 2.24) is 15.1 Å². The molecular weight excluding hydrogens is 294 g/mol. The normalized spacial score (nSPS) is 19.5. The summed E-state index contributed by atoms with van der Waals surface area (Å²) in [6.45, 7) is 8.57. The van der Waals surface area contributed by atoms with Gasteiger partial charge in [0.15, 0.2) is 0 Å². The van der Waals surface area contributed by atoms with Gasteiger partial charge in [0.2, 0.25) is 5.91 Å². The van der Waals surface area contributed by atoms with Crippen LogP contribution in [0.4, 0.5) is 0 Å². The van der Waals surface area contributed by atoms with Gasteiger partial charge in [0.05, 0.1) is 18.4 Å². The van der Waals surface area contributed by atoms with Crippen LogP contribution in [0.5, 0.6) is 0 Å². The predicted octanol–water partition coefficient (Wildman–Crippen LogP) is 1.98. The zero-order chi connectivity index (χ0) is 16.7. The first-order valence-electron chi connectivity index (χ1n) is 8.58. The van der Waals surface area contributed by atoms with E-state index in [0.29, 0.717) is 13.2 Å². The van der Waals surface area contributed by atoms with Crippen molar-refractivity contribution in [3.8, 4) is 0 Å². The molecule has 0 unspecified atom stereocenters. The van der Waals surface area contributed by atoms with Crippen LogP contribution in [0.2, 0.25) is 0 Å². The maximum atomic E-state index is 12.0. The van der Waals surface area contributed by atoms with Gasteiger partial charge in [-0.15, -0.1) is 0 Å². The maximum Gasteiger partial charge on any atom is 0.248 e.